The number of anilines is 1. The fraction of sp³-hybridized carbons (Fsp3) is 0.188. The van der Waals surface area contributed by atoms with E-state index >= 15 is 0 Å². The van der Waals surface area contributed by atoms with E-state index in [0.717, 1.165) is 10.4 Å². The lowest BCUT2D eigenvalue weighted by atomic mass is 10.1. The first-order chi connectivity index (χ1) is 12.1. The summed E-state index contributed by atoms with van der Waals surface area (Å²) in [4.78, 5) is 29.8. The molecule has 0 unspecified atom stereocenters. The van der Waals surface area contributed by atoms with Crippen molar-refractivity contribution in [2.75, 3.05) is 5.32 Å². The van der Waals surface area contributed by atoms with Crippen molar-refractivity contribution >= 4 is 28.9 Å². The predicted molar refractivity (Wildman–Crippen MR) is 91.8 cm³/mol. The van der Waals surface area contributed by atoms with Gasteiger partial charge < -0.3 is 10.2 Å². The number of hydrogen-bond donors (Lipinski definition) is 1. The Hall–Kier alpha value is -3.07. The van der Waals surface area contributed by atoms with Gasteiger partial charge >= 0.3 is 5.97 Å². The minimum absolute atomic E-state index is 0.116. The molecule has 0 radical (unpaired) electrons. The summed E-state index contributed by atoms with van der Waals surface area (Å²) in [5.41, 5.74) is 1.67. The molecule has 0 aliphatic carbocycles. The number of nitrogens with one attached hydrogen (secondary N) is 1. The monoisotopic (exact) mass is 357 g/mol. The van der Waals surface area contributed by atoms with Gasteiger partial charge in [-0.1, -0.05) is 30.3 Å². The van der Waals surface area contributed by atoms with Crippen LogP contribution in [0.4, 0.5) is 5.69 Å². The average Bonchev–Trinajstić information content (AvgIpc) is 3.22. The van der Waals surface area contributed by atoms with E-state index < -0.39 is 5.97 Å². The van der Waals surface area contributed by atoms with Crippen LogP contribution in [0.15, 0.2) is 41.8 Å². The summed E-state index contributed by atoms with van der Waals surface area (Å²) >= 11 is 1.34. The Morgan fingerprint density at radius 2 is 2.04 bits per heavy atom. The summed E-state index contributed by atoms with van der Waals surface area (Å²) in [7, 11) is 0. The van der Waals surface area contributed by atoms with Crippen LogP contribution in [-0.4, -0.2) is 32.2 Å². The van der Waals surface area contributed by atoms with Crippen LogP contribution in [0.2, 0.25) is 0 Å². The number of carbonyl (C=O) groups is 2. The van der Waals surface area contributed by atoms with E-state index in [2.05, 4.69) is 20.8 Å². The van der Waals surface area contributed by atoms with Crippen molar-refractivity contribution in [3.05, 3.63) is 47.3 Å². The van der Waals surface area contributed by atoms with Crippen molar-refractivity contribution in [2.24, 2.45) is 0 Å². The van der Waals surface area contributed by atoms with Crippen LogP contribution in [0.3, 0.4) is 0 Å². The SMILES string of the molecule is CC(=O)On1nnnc1-c1sccc1NC(=O)CCc1ccccc1. The highest BCUT2D eigenvalue weighted by atomic mass is 32.1. The molecule has 1 amide bonds. The number of rotatable bonds is 6. The van der Waals surface area contributed by atoms with Crippen LogP contribution in [-0.2, 0) is 16.0 Å². The maximum absolute atomic E-state index is 12.2. The van der Waals surface area contributed by atoms with Crippen molar-refractivity contribution < 1.29 is 14.4 Å². The van der Waals surface area contributed by atoms with Crippen molar-refractivity contribution in [1.82, 2.24) is 20.4 Å². The molecule has 0 saturated carbocycles. The standard InChI is InChI=1S/C16H15N5O3S/c1-11(22)24-21-16(18-19-20-21)15-13(9-10-25-15)17-14(23)8-7-12-5-3-2-4-6-12/h2-6,9-10H,7-8H2,1H3,(H,17,23). The molecule has 128 valence electrons. The van der Waals surface area contributed by atoms with E-state index in [9.17, 15) is 9.59 Å². The number of benzene rings is 1. The Morgan fingerprint density at radius 1 is 1.24 bits per heavy atom. The average molecular weight is 357 g/mol. The summed E-state index contributed by atoms with van der Waals surface area (Å²) < 4.78 is 0. The lowest BCUT2D eigenvalue weighted by Crippen LogP contribution is -2.19. The maximum atomic E-state index is 12.2. The number of carbonyl (C=O) groups excluding carboxylic acids is 2. The van der Waals surface area contributed by atoms with Gasteiger partial charge in [0.25, 0.3) is 0 Å². The molecule has 1 aromatic carbocycles. The van der Waals surface area contributed by atoms with Crippen molar-refractivity contribution in [3.8, 4) is 10.7 Å². The van der Waals surface area contributed by atoms with E-state index in [1.807, 2.05) is 30.3 Å². The lowest BCUT2D eigenvalue weighted by molar-refractivity contribution is -0.143. The van der Waals surface area contributed by atoms with Crippen molar-refractivity contribution in [2.45, 2.75) is 19.8 Å². The zero-order valence-electron chi connectivity index (χ0n) is 13.4. The molecule has 3 aromatic rings. The Labute approximate surface area is 147 Å². The Balaban J connectivity index is 1.69. The van der Waals surface area contributed by atoms with E-state index in [4.69, 9.17) is 4.84 Å². The van der Waals surface area contributed by atoms with E-state index in [-0.39, 0.29) is 11.7 Å². The molecular weight excluding hydrogens is 342 g/mol. The van der Waals surface area contributed by atoms with E-state index in [1.54, 1.807) is 11.4 Å². The zero-order chi connectivity index (χ0) is 17.6. The third-order valence-corrected chi connectivity index (χ3v) is 4.19. The molecule has 25 heavy (non-hydrogen) atoms. The molecule has 0 fully saturated rings. The van der Waals surface area contributed by atoms with Crippen LogP contribution in [0.1, 0.15) is 18.9 Å². The van der Waals surface area contributed by atoms with Gasteiger partial charge in [-0.2, -0.15) is 0 Å². The molecule has 9 heteroatoms. The van der Waals surface area contributed by atoms with Gasteiger partial charge in [0, 0.05) is 13.3 Å². The highest BCUT2D eigenvalue weighted by Crippen LogP contribution is 2.31. The predicted octanol–water partition coefficient (Wildman–Crippen LogP) is 1.95. The largest absolute Gasteiger partial charge is 0.332 e. The molecule has 0 spiro atoms. The molecule has 0 saturated heterocycles. The van der Waals surface area contributed by atoms with E-state index in [0.29, 0.717) is 23.4 Å². The fourth-order valence-corrected chi connectivity index (χ4v) is 3.00. The first kappa shape index (κ1) is 16.8. The number of aryl methyl sites for hydroxylation is 1. The van der Waals surface area contributed by atoms with Crippen molar-refractivity contribution in [1.29, 1.82) is 0 Å². The summed E-state index contributed by atoms with van der Waals surface area (Å²) in [5.74, 6) is -0.405. The highest BCUT2D eigenvalue weighted by Gasteiger charge is 2.18. The van der Waals surface area contributed by atoms with Gasteiger partial charge in [-0.3, -0.25) is 4.79 Å². The smallest absolute Gasteiger partial charge is 0.325 e. The third kappa shape index (κ3) is 4.27. The summed E-state index contributed by atoms with van der Waals surface area (Å²) in [6.07, 6.45) is 1.01. The van der Waals surface area contributed by atoms with Gasteiger partial charge in [0.1, 0.15) is 4.88 Å². The minimum atomic E-state index is -0.543. The normalized spacial score (nSPS) is 10.4. The number of nitrogens with zero attached hydrogens (tertiary/aromatic N) is 4. The number of hydrogen-bond acceptors (Lipinski definition) is 7. The quantitative estimate of drug-likeness (QED) is 0.677. The summed E-state index contributed by atoms with van der Waals surface area (Å²) in [6, 6.07) is 11.5. The Morgan fingerprint density at radius 3 is 2.80 bits per heavy atom. The van der Waals surface area contributed by atoms with Gasteiger partial charge in [-0.15, -0.1) is 16.4 Å². The second kappa shape index (κ2) is 7.67. The van der Waals surface area contributed by atoms with Gasteiger partial charge in [0.15, 0.2) is 0 Å². The topological polar surface area (TPSA) is 99.0 Å². The molecule has 0 aliphatic rings. The highest BCUT2D eigenvalue weighted by molar-refractivity contribution is 7.14. The first-order valence-electron chi connectivity index (χ1n) is 7.52. The van der Waals surface area contributed by atoms with Gasteiger partial charge in [-0.25, -0.2) is 4.79 Å². The van der Waals surface area contributed by atoms with Crippen LogP contribution in [0.25, 0.3) is 10.7 Å². The molecule has 2 aromatic heterocycles. The molecule has 8 nitrogen and oxygen atoms in total. The third-order valence-electron chi connectivity index (χ3n) is 3.28. The molecular formula is C16H15N5O3S. The van der Waals surface area contributed by atoms with Crippen LogP contribution in [0.5, 0.6) is 0 Å². The number of thiophene rings is 1. The second-order valence-corrected chi connectivity index (χ2v) is 6.07. The second-order valence-electron chi connectivity index (χ2n) is 5.16. The number of aromatic nitrogens is 4. The van der Waals surface area contributed by atoms with Gasteiger partial charge in [0.2, 0.25) is 11.7 Å². The Kier molecular flexibility index (Phi) is 5.14. The van der Waals surface area contributed by atoms with E-state index in [1.165, 1.54) is 18.3 Å². The molecule has 0 aliphatic heterocycles. The van der Waals surface area contributed by atoms with Gasteiger partial charge in [0.05, 0.1) is 5.69 Å². The first-order valence-corrected chi connectivity index (χ1v) is 8.40. The van der Waals surface area contributed by atoms with Crippen LogP contribution in [0, 0.1) is 0 Å². The lowest BCUT2D eigenvalue weighted by Gasteiger charge is -2.06. The zero-order valence-corrected chi connectivity index (χ0v) is 14.2. The summed E-state index contributed by atoms with van der Waals surface area (Å²) in [5, 5.41) is 15.6. The van der Waals surface area contributed by atoms with Crippen LogP contribution >= 0.6 is 11.3 Å². The Bertz CT molecular complexity index is 875. The van der Waals surface area contributed by atoms with Crippen LogP contribution < -0.4 is 10.2 Å². The molecule has 0 atom stereocenters. The molecule has 0 bridgehead atoms. The minimum Gasteiger partial charge on any atom is -0.325 e. The maximum Gasteiger partial charge on any atom is 0.332 e. The number of amides is 1. The van der Waals surface area contributed by atoms with Crippen molar-refractivity contribution in [3.63, 3.8) is 0 Å². The molecule has 3 rings (SSSR count). The van der Waals surface area contributed by atoms with Gasteiger partial charge in [-0.05, 0) is 38.7 Å². The molecule has 2 heterocycles. The fourth-order valence-electron chi connectivity index (χ4n) is 2.19. The number of tetrazole rings is 1. The molecule has 1 N–H and O–H groups in total. The summed E-state index contributed by atoms with van der Waals surface area (Å²) in [6.45, 7) is 1.26.